The molecule has 0 aliphatic rings. The van der Waals surface area contributed by atoms with Gasteiger partial charge in [0.1, 0.15) is 0 Å². The number of carbonyl (C=O) groups is 2. The van der Waals surface area contributed by atoms with Gasteiger partial charge in [-0.2, -0.15) is 0 Å². The predicted molar refractivity (Wildman–Crippen MR) is 117 cm³/mol. The lowest BCUT2D eigenvalue weighted by Crippen LogP contribution is -2.43. The van der Waals surface area contributed by atoms with E-state index in [4.69, 9.17) is 10.5 Å². The summed E-state index contributed by atoms with van der Waals surface area (Å²) in [6, 6.07) is 0.723. The van der Waals surface area contributed by atoms with Crippen LogP contribution in [0.3, 0.4) is 0 Å². The standard InChI is InChI=1S/C23H32N4O3/c1-6-30-21(28)9-20(27-23(29)19(24)7-14(2)3)17-8-18(13-26-12-17)22-15(4)10-25-11-16(22)5/h8,10-14,19-20H,6-7,9,24H2,1-5H3,(H,27,29)/t19-,20-/m0/s1. The Morgan fingerprint density at radius 1 is 1.10 bits per heavy atom. The molecule has 0 fully saturated rings. The van der Waals surface area contributed by atoms with Crippen molar-refractivity contribution in [3.05, 3.63) is 47.5 Å². The molecule has 2 aromatic heterocycles. The van der Waals surface area contributed by atoms with Gasteiger partial charge in [-0.15, -0.1) is 0 Å². The van der Waals surface area contributed by atoms with E-state index >= 15 is 0 Å². The van der Waals surface area contributed by atoms with Crippen LogP contribution in [-0.2, 0) is 14.3 Å². The number of pyridine rings is 2. The largest absolute Gasteiger partial charge is 0.466 e. The number of nitrogens with one attached hydrogen (secondary N) is 1. The molecule has 2 heterocycles. The fourth-order valence-corrected chi connectivity index (χ4v) is 3.47. The monoisotopic (exact) mass is 412 g/mol. The van der Waals surface area contributed by atoms with Crippen LogP contribution in [-0.4, -0.2) is 34.5 Å². The molecular formula is C23H32N4O3. The molecule has 2 rings (SSSR count). The van der Waals surface area contributed by atoms with E-state index in [9.17, 15) is 9.59 Å². The first-order valence-electron chi connectivity index (χ1n) is 10.3. The number of esters is 1. The zero-order valence-corrected chi connectivity index (χ0v) is 18.4. The third-order valence-corrected chi connectivity index (χ3v) is 4.83. The van der Waals surface area contributed by atoms with Crippen LogP contribution in [0.5, 0.6) is 0 Å². The van der Waals surface area contributed by atoms with E-state index in [0.717, 1.165) is 27.8 Å². The second-order valence-corrected chi connectivity index (χ2v) is 7.96. The lowest BCUT2D eigenvalue weighted by Gasteiger charge is -2.22. The van der Waals surface area contributed by atoms with E-state index in [2.05, 4.69) is 15.3 Å². The van der Waals surface area contributed by atoms with Gasteiger partial charge in [0, 0.05) is 30.4 Å². The van der Waals surface area contributed by atoms with Crippen molar-refractivity contribution in [3.8, 4) is 11.1 Å². The number of carbonyl (C=O) groups excluding carboxylic acids is 2. The van der Waals surface area contributed by atoms with Crippen molar-refractivity contribution in [2.45, 2.75) is 59.5 Å². The topological polar surface area (TPSA) is 107 Å². The summed E-state index contributed by atoms with van der Waals surface area (Å²) in [7, 11) is 0. The van der Waals surface area contributed by atoms with Crippen molar-refractivity contribution in [2.24, 2.45) is 11.7 Å². The maximum absolute atomic E-state index is 12.6. The zero-order chi connectivity index (χ0) is 22.3. The number of nitrogens with zero attached hydrogens (tertiary/aromatic N) is 2. The van der Waals surface area contributed by atoms with Crippen molar-refractivity contribution in [2.75, 3.05) is 6.61 Å². The maximum atomic E-state index is 12.6. The van der Waals surface area contributed by atoms with Crippen LogP contribution in [0.25, 0.3) is 11.1 Å². The number of ether oxygens (including phenoxy) is 1. The van der Waals surface area contributed by atoms with E-state index in [1.807, 2.05) is 33.8 Å². The lowest BCUT2D eigenvalue weighted by atomic mass is 9.96. The molecule has 7 heteroatoms. The summed E-state index contributed by atoms with van der Waals surface area (Å²) in [6.07, 6.45) is 7.61. The normalized spacial score (nSPS) is 13.0. The average molecular weight is 413 g/mol. The summed E-state index contributed by atoms with van der Waals surface area (Å²) in [4.78, 5) is 33.4. The number of nitrogens with two attached hydrogens (primary N) is 1. The minimum atomic E-state index is -0.643. The van der Waals surface area contributed by atoms with Gasteiger partial charge in [0.2, 0.25) is 5.91 Å². The fraction of sp³-hybridized carbons (Fsp3) is 0.478. The highest BCUT2D eigenvalue weighted by Crippen LogP contribution is 2.28. The third-order valence-electron chi connectivity index (χ3n) is 4.83. The lowest BCUT2D eigenvalue weighted by molar-refractivity contribution is -0.143. The molecule has 162 valence electrons. The summed E-state index contributed by atoms with van der Waals surface area (Å²) in [6.45, 7) is 10.0. The highest BCUT2D eigenvalue weighted by Gasteiger charge is 2.24. The molecule has 1 amide bonds. The van der Waals surface area contributed by atoms with E-state index in [1.54, 1.807) is 31.7 Å². The zero-order valence-electron chi connectivity index (χ0n) is 18.4. The summed E-state index contributed by atoms with van der Waals surface area (Å²) in [5, 5.41) is 2.92. The number of aromatic nitrogens is 2. The predicted octanol–water partition coefficient (Wildman–Crippen LogP) is 3.24. The number of rotatable bonds is 9. The number of amides is 1. The van der Waals surface area contributed by atoms with Crippen molar-refractivity contribution in [3.63, 3.8) is 0 Å². The second kappa shape index (κ2) is 10.8. The molecule has 0 radical (unpaired) electrons. The van der Waals surface area contributed by atoms with E-state index in [-0.39, 0.29) is 30.8 Å². The Hall–Kier alpha value is -2.80. The summed E-state index contributed by atoms with van der Waals surface area (Å²) < 4.78 is 5.10. The smallest absolute Gasteiger partial charge is 0.308 e. The highest BCUT2D eigenvalue weighted by atomic mass is 16.5. The van der Waals surface area contributed by atoms with Crippen molar-refractivity contribution in [1.82, 2.24) is 15.3 Å². The molecule has 3 N–H and O–H groups in total. The molecule has 0 bridgehead atoms. The van der Waals surface area contributed by atoms with Crippen LogP contribution < -0.4 is 11.1 Å². The first-order chi connectivity index (χ1) is 14.2. The Morgan fingerprint density at radius 2 is 1.73 bits per heavy atom. The number of hydrogen-bond donors (Lipinski definition) is 2. The van der Waals surface area contributed by atoms with Crippen molar-refractivity contribution < 1.29 is 14.3 Å². The first kappa shape index (κ1) is 23.5. The van der Waals surface area contributed by atoms with Gasteiger partial charge in [0.05, 0.1) is 25.1 Å². The third kappa shape index (κ3) is 6.35. The molecule has 0 aliphatic carbocycles. The van der Waals surface area contributed by atoms with Crippen molar-refractivity contribution in [1.29, 1.82) is 0 Å². The van der Waals surface area contributed by atoms with E-state index in [1.165, 1.54) is 0 Å². The molecular weight excluding hydrogens is 380 g/mol. The molecule has 0 aliphatic heterocycles. The molecule has 0 unspecified atom stereocenters. The van der Waals surface area contributed by atoms with Gasteiger partial charge >= 0.3 is 5.97 Å². The van der Waals surface area contributed by atoms with Crippen LogP contribution in [0.2, 0.25) is 0 Å². The molecule has 2 atom stereocenters. The van der Waals surface area contributed by atoms with Crippen LogP contribution in [0.1, 0.15) is 56.3 Å². The summed E-state index contributed by atoms with van der Waals surface area (Å²) in [5.41, 5.74) is 10.8. The Kier molecular flexibility index (Phi) is 8.47. The molecule has 7 nitrogen and oxygen atoms in total. The van der Waals surface area contributed by atoms with Gasteiger partial charge in [0.25, 0.3) is 0 Å². The van der Waals surface area contributed by atoms with Crippen LogP contribution >= 0.6 is 0 Å². The van der Waals surface area contributed by atoms with Gasteiger partial charge in [-0.3, -0.25) is 19.6 Å². The first-order valence-corrected chi connectivity index (χ1v) is 10.3. The molecule has 30 heavy (non-hydrogen) atoms. The number of aryl methyl sites for hydroxylation is 2. The minimum absolute atomic E-state index is 0.00736. The molecule has 0 saturated heterocycles. The van der Waals surface area contributed by atoms with E-state index < -0.39 is 12.1 Å². The SMILES string of the molecule is CCOC(=O)C[C@H](NC(=O)[C@@H](N)CC(C)C)c1cncc(-c2c(C)cncc2C)c1. The Bertz CT molecular complexity index is 862. The van der Waals surface area contributed by atoms with Crippen LogP contribution in [0.15, 0.2) is 30.9 Å². The second-order valence-electron chi connectivity index (χ2n) is 7.96. The highest BCUT2D eigenvalue weighted by molar-refractivity contribution is 5.83. The van der Waals surface area contributed by atoms with Gasteiger partial charge in [-0.05, 0) is 61.4 Å². The van der Waals surface area contributed by atoms with Gasteiger partial charge in [-0.1, -0.05) is 13.8 Å². The van der Waals surface area contributed by atoms with E-state index in [0.29, 0.717) is 6.42 Å². The average Bonchev–Trinajstić information content (AvgIpc) is 2.67. The maximum Gasteiger partial charge on any atom is 0.308 e. The van der Waals surface area contributed by atoms with Gasteiger partial charge in [0.15, 0.2) is 0 Å². The summed E-state index contributed by atoms with van der Waals surface area (Å²) in [5.74, 6) is -0.390. The Labute approximate surface area is 178 Å². The van der Waals surface area contributed by atoms with Crippen LogP contribution in [0, 0.1) is 19.8 Å². The number of hydrogen-bond acceptors (Lipinski definition) is 6. The Morgan fingerprint density at radius 3 is 2.33 bits per heavy atom. The molecule has 0 aromatic carbocycles. The van der Waals surface area contributed by atoms with Gasteiger partial charge < -0.3 is 15.8 Å². The summed E-state index contributed by atoms with van der Waals surface area (Å²) >= 11 is 0. The van der Waals surface area contributed by atoms with Crippen LogP contribution in [0.4, 0.5) is 0 Å². The Balaban J connectivity index is 2.36. The fourth-order valence-electron chi connectivity index (χ4n) is 3.47. The molecule has 2 aromatic rings. The molecule has 0 spiro atoms. The van der Waals surface area contributed by atoms with Crippen molar-refractivity contribution >= 4 is 11.9 Å². The van der Waals surface area contributed by atoms with Gasteiger partial charge in [-0.25, -0.2) is 0 Å². The minimum Gasteiger partial charge on any atom is -0.466 e. The molecule has 0 saturated carbocycles. The quantitative estimate of drug-likeness (QED) is 0.612.